The number of nitrogens with zero attached hydrogens (tertiary/aromatic N) is 2. The molecular weight excluding hydrogens is 448 g/mol. The van der Waals surface area contributed by atoms with Crippen molar-refractivity contribution in [3.8, 4) is 28.6 Å². The lowest BCUT2D eigenvalue weighted by Crippen LogP contribution is -2.17. The Morgan fingerprint density at radius 2 is 2.04 bits per heavy atom. The van der Waals surface area contributed by atoms with Crippen LogP contribution in [0.4, 0.5) is 5.69 Å². The third-order valence-electron chi connectivity index (χ3n) is 3.84. The van der Waals surface area contributed by atoms with Crippen molar-refractivity contribution in [1.29, 1.82) is 0 Å². The van der Waals surface area contributed by atoms with Crippen LogP contribution in [0.15, 0.2) is 46.0 Å². The van der Waals surface area contributed by atoms with Gasteiger partial charge in [0.2, 0.25) is 11.1 Å². The maximum absolute atomic E-state index is 12.2. The minimum atomic E-state index is -0.196. The van der Waals surface area contributed by atoms with Gasteiger partial charge in [0.05, 0.1) is 11.3 Å². The molecule has 1 amide bonds. The highest BCUT2D eigenvalue weighted by atomic mass is 79.9. The van der Waals surface area contributed by atoms with Gasteiger partial charge in [0, 0.05) is 16.2 Å². The van der Waals surface area contributed by atoms with Crippen LogP contribution in [0.25, 0.3) is 11.4 Å². The van der Waals surface area contributed by atoms with Crippen molar-refractivity contribution in [3.05, 3.63) is 40.9 Å². The number of hydrogen-bond donors (Lipinski definition) is 3. The van der Waals surface area contributed by atoms with E-state index in [1.807, 2.05) is 0 Å². The molecule has 1 aromatic heterocycles. The molecule has 0 saturated carbocycles. The number of nitrogens with one attached hydrogen (secondary N) is 2. The van der Waals surface area contributed by atoms with Crippen LogP contribution in [0.2, 0.25) is 0 Å². The quantitative estimate of drug-likeness (QED) is 0.498. The minimum absolute atomic E-state index is 0.0900. The van der Waals surface area contributed by atoms with E-state index in [4.69, 9.17) is 9.47 Å². The van der Waals surface area contributed by atoms with Crippen LogP contribution >= 0.6 is 27.7 Å². The number of aromatic amines is 1. The third kappa shape index (κ3) is 4.23. The average molecular weight is 463 g/mol. The Morgan fingerprint density at radius 1 is 1.21 bits per heavy atom. The zero-order valence-corrected chi connectivity index (χ0v) is 16.8. The topological polar surface area (TPSA) is 109 Å². The molecular formula is C18H15BrN4O4S. The molecule has 0 radical (unpaired) electrons. The molecule has 0 unspecified atom stereocenters. The van der Waals surface area contributed by atoms with E-state index in [0.717, 1.165) is 4.47 Å². The first-order valence-electron chi connectivity index (χ1n) is 8.32. The molecule has 8 nitrogen and oxygen atoms in total. The Balaban J connectivity index is 1.36. The lowest BCUT2D eigenvalue weighted by atomic mass is 10.2. The molecule has 0 fully saturated rings. The number of H-pyrrole nitrogens is 1. The van der Waals surface area contributed by atoms with E-state index < -0.39 is 0 Å². The first-order valence-corrected chi connectivity index (χ1v) is 10.1. The van der Waals surface area contributed by atoms with Gasteiger partial charge in [-0.2, -0.15) is 0 Å². The van der Waals surface area contributed by atoms with Crippen LogP contribution in [-0.2, 0) is 4.79 Å². The number of aromatic nitrogens is 3. The van der Waals surface area contributed by atoms with Crippen LogP contribution in [-0.4, -0.2) is 45.2 Å². The minimum Gasteiger partial charge on any atom is -0.507 e. The lowest BCUT2D eigenvalue weighted by Gasteiger charge is -2.18. The van der Waals surface area contributed by atoms with Crippen LogP contribution < -0.4 is 14.8 Å². The second kappa shape index (κ2) is 8.11. The van der Waals surface area contributed by atoms with E-state index in [1.54, 1.807) is 36.4 Å². The average Bonchev–Trinajstić information content (AvgIpc) is 3.17. The Labute approximate surface area is 172 Å². The predicted molar refractivity (Wildman–Crippen MR) is 108 cm³/mol. The van der Waals surface area contributed by atoms with Gasteiger partial charge >= 0.3 is 0 Å². The summed E-state index contributed by atoms with van der Waals surface area (Å²) in [6.07, 6.45) is 0. The second-order valence-corrected chi connectivity index (χ2v) is 7.68. The smallest absolute Gasteiger partial charge is 0.234 e. The molecule has 10 heteroatoms. The number of aromatic hydroxyl groups is 1. The zero-order chi connectivity index (χ0) is 19.5. The molecule has 3 aromatic rings. The van der Waals surface area contributed by atoms with E-state index in [-0.39, 0.29) is 17.4 Å². The molecule has 0 saturated heterocycles. The molecule has 4 rings (SSSR count). The number of thioether (sulfide) groups is 1. The van der Waals surface area contributed by atoms with Gasteiger partial charge in [0.15, 0.2) is 17.3 Å². The molecule has 144 valence electrons. The van der Waals surface area contributed by atoms with E-state index in [0.29, 0.717) is 46.9 Å². The standard InChI is InChI=1S/C18H15BrN4O4S/c19-10-1-3-13(24)12(7-10)17-21-18(23-22-17)28-9-16(25)20-11-2-4-14-15(8-11)27-6-5-26-14/h1-4,7-8,24H,5-6,9H2,(H,20,25)(H,21,22,23). The summed E-state index contributed by atoms with van der Waals surface area (Å²) in [6, 6.07) is 10.3. The highest BCUT2D eigenvalue weighted by Gasteiger charge is 2.14. The summed E-state index contributed by atoms with van der Waals surface area (Å²) in [5, 5.41) is 20.0. The molecule has 1 aliphatic rings. The SMILES string of the molecule is O=C(CSc1n[nH]c(-c2cc(Br)ccc2O)n1)Nc1ccc2c(c1)OCCO2. The summed E-state index contributed by atoms with van der Waals surface area (Å²) in [7, 11) is 0. The van der Waals surface area contributed by atoms with Crippen LogP contribution in [0.1, 0.15) is 0 Å². The summed E-state index contributed by atoms with van der Waals surface area (Å²) >= 11 is 4.54. The van der Waals surface area contributed by atoms with E-state index in [2.05, 4.69) is 36.4 Å². The van der Waals surface area contributed by atoms with Gasteiger partial charge in [-0.05, 0) is 30.3 Å². The van der Waals surface area contributed by atoms with Gasteiger partial charge in [0.1, 0.15) is 19.0 Å². The lowest BCUT2D eigenvalue weighted by molar-refractivity contribution is -0.113. The Bertz CT molecular complexity index is 1030. The van der Waals surface area contributed by atoms with Gasteiger partial charge in [-0.25, -0.2) is 4.98 Å². The number of benzene rings is 2. The Hall–Kier alpha value is -2.72. The number of carbonyl (C=O) groups is 1. The fraction of sp³-hybridized carbons (Fsp3) is 0.167. The molecule has 0 bridgehead atoms. The number of rotatable bonds is 5. The first-order chi connectivity index (χ1) is 13.6. The van der Waals surface area contributed by atoms with Crippen molar-refractivity contribution in [2.75, 3.05) is 24.3 Å². The number of fused-ring (bicyclic) bond motifs is 1. The summed E-state index contributed by atoms with van der Waals surface area (Å²) in [4.78, 5) is 16.5. The van der Waals surface area contributed by atoms with Crippen molar-refractivity contribution >= 4 is 39.3 Å². The van der Waals surface area contributed by atoms with E-state index in [9.17, 15) is 9.90 Å². The predicted octanol–water partition coefficient (Wildman–Crippen LogP) is 3.44. The fourth-order valence-electron chi connectivity index (χ4n) is 2.58. The summed E-state index contributed by atoms with van der Waals surface area (Å²) < 4.78 is 11.8. The van der Waals surface area contributed by atoms with Gasteiger partial charge in [-0.1, -0.05) is 27.7 Å². The highest BCUT2D eigenvalue weighted by molar-refractivity contribution is 9.10. The van der Waals surface area contributed by atoms with Crippen molar-refractivity contribution in [2.45, 2.75) is 5.16 Å². The molecule has 0 spiro atoms. The number of amides is 1. The third-order valence-corrected chi connectivity index (χ3v) is 5.18. The molecule has 2 heterocycles. The number of anilines is 1. The first kappa shape index (κ1) is 18.6. The van der Waals surface area contributed by atoms with Gasteiger partial charge in [0.25, 0.3) is 0 Å². The van der Waals surface area contributed by atoms with Crippen LogP contribution in [0.3, 0.4) is 0 Å². The van der Waals surface area contributed by atoms with Gasteiger partial charge < -0.3 is 19.9 Å². The summed E-state index contributed by atoms with van der Waals surface area (Å²) in [5.74, 6) is 1.74. The Kier molecular flexibility index (Phi) is 5.40. The number of phenolic OH excluding ortho intramolecular Hbond substituents is 1. The monoisotopic (exact) mass is 462 g/mol. The molecule has 0 atom stereocenters. The van der Waals surface area contributed by atoms with E-state index in [1.165, 1.54) is 11.8 Å². The van der Waals surface area contributed by atoms with Gasteiger partial charge in [-0.15, -0.1) is 5.10 Å². The maximum atomic E-state index is 12.2. The van der Waals surface area contributed by atoms with Crippen molar-refractivity contribution in [1.82, 2.24) is 15.2 Å². The largest absolute Gasteiger partial charge is 0.507 e. The van der Waals surface area contributed by atoms with Crippen molar-refractivity contribution in [3.63, 3.8) is 0 Å². The Morgan fingerprint density at radius 3 is 2.89 bits per heavy atom. The number of halogens is 1. The number of phenols is 1. The number of hydrogen-bond acceptors (Lipinski definition) is 7. The number of ether oxygens (including phenoxy) is 2. The van der Waals surface area contributed by atoms with Crippen molar-refractivity contribution in [2.24, 2.45) is 0 Å². The molecule has 2 aromatic carbocycles. The molecule has 1 aliphatic heterocycles. The normalized spacial score (nSPS) is 12.6. The summed E-state index contributed by atoms with van der Waals surface area (Å²) in [6.45, 7) is 1.01. The second-order valence-electron chi connectivity index (χ2n) is 5.82. The number of carbonyl (C=O) groups excluding carboxylic acids is 1. The summed E-state index contributed by atoms with van der Waals surface area (Å²) in [5.41, 5.74) is 1.15. The van der Waals surface area contributed by atoms with Crippen LogP contribution in [0, 0.1) is 0 Å². The van der Waals surface area contributed by atoms with Crippen molar-refractivity contribution < 1.29 is 19.4 Å². The molecule has 28 heavy (non-hydrogen) atoms. The highest BCUT2D eigenvalue weighted by Crippen LogP contribution is 2.33. The van der Waals surface area contributed by atoms with E-state index >= 15 is 0 Å². The van der Waals surface area contributed by atoms with Crippen LogP contribution in [0.5, 0.6) is 17.2 Å². The zero-order valence-electron chi connectivity index (χ0n) is 14.4. The van der Waals surface area contributed by atoms with Gasteiger partial charge in [-0.3, -0.25) is 9.89 Å². The maximum Gasteiger partial charge on any atom is 0.234 e. The fourth-order valence-corrected chi connectivity index (χ4v) is 3.54. The molecule has 3 N–H and O–H groups in total. The molecule has 0 aliphatic carbocycles.